The number of hydrogen-bond donors (Lipinski definition) is 1. The number of thiophene rings is 1. The van der Waals surface area contributed by atoms with Gasteiger partial charge in [0.1, 0.15) is 11.1 Å². The van der Waals surface area contributed by atoms with Crippen LogP contribution in [0.25, 0.3) is 0 Å². The number of nitrogens with two attached hydrogens (primary N) is 1. The first-order valence-electron chi connectivity index (χ1n) is 9.08. The minimum absolute atomic E-state index is 0.0302. The number of benzene rings is 1. The van der Waals surface area contributed by atoms with Crippen molar-refractivity contribution in [2.75, 3.05) is 17.2 Å². The Hall–Kier alpha value is -2.83. The summed E-state index contributed by atoms with van der Waals surface area (Å²) in [7, 11) is 0. The van der Waals surface area contributed by atoms with Crippen molar-refractivity contribution in [2.24, 2.45) is 0 Å². The third-order valence-electron chi connectivity index (χ3n) is 5.06. The molecule has 0 aliphatic carbocycles. The molecule has 1 saturated heterocycles. The lowest BCUT2D eigenvalue weighted by atomic mass is 10.0. The molecule has 1 atom stereocenters. The largest absolute Gasteiger partial charge is 0.399 e. The maximum atomic E-state index is 13.0. The minimum atomic E-state index is -0.537. The molecule has 9 heteroatoms. The molecule has 148 valence electrons. The van der Waals surface area contributed by atoms with E-state index in [1.54, 1.807) is 17.0 Å². The average Bonchev–Trinajstić information content (AvgIpc) is 3.18. The maximum absolute atomic E-state index is 13.0. The SMILES string of the molecule is CC(=O)N1CCc2c(sc(N3C(=O)CC(Sc4ccc(N)cc4)C3=O)c2C#N)C1. The van der Waals surface area contributed by atoms with Crippen molar-refractivity contribution in [3.63, 3.8) is 0 Å². The van der Waals surface area contributed by atoms with Gasteiger partial charge in [-0.1, -0.05) is 0 Å². The first kappa shape index (κ1) is 19.5. The summed E-state index contributed by atoms with van der Waals surface area (Å²) in [5, 5.41) is 9.56. The molecule has 1 unspecified atom stereocenters. The van der Waals surface area contributed by atoms with Gasteiger partial charge in [0.2, 0.25) is 17.7 Å². The Bertz CT molecular complexity index is 1050. The van der Waals surface area contributed by atoms with Crippen LogP contribution in [0, 0.1) is 11.3 Å². The molecular formula is C20H18N4O3S2. The molecule has 3 heterocycles. The predicted molar refractivity (Wildman–Crippen MR) is 111 cm³/mol. The second-order valence-corrected chi connectivity index (χ2v) is 9.29. The number of thioether (sulfide) groups is 1. The van der Waals surface area contributed by atoms with E-state index >= 15 is 0 Å². The van der Waals surface area contributed by atoms with E-state index in [9.17, 15) is 19.6 Å². The number of hydrogen-bond acceptors (Lipinski definition) is 7. The van der Waals surface area contributed by atoms with Crippen LogP contribution in [0.2, 0.25) is 0 Å². The summed E-state index contributed by atoms with van der Waals surface area (Å²) in [6, 6.07) is 9.32. The summed E-state index contributed by atoms with van der Waals surface area (Å²) < 4.78 is 0. The van der Waals surface area contributed by atoms with Crippen LogP contribution >= 0.6 is 23.1 Å². The number of amides is 3. The topological polar surface area (TPSA) is 108 Å². The number of anilines is 2. The zero-order valence-corrected chi connectivity index (χ0v) is 17.3. The Morgan fingerprint density at radius 2 is 2.03 bits per heavy atom. The average molecular weight is 427 g/mol. The quantitative estimate of drug-likeness (QED) is 0.597. The molecule has 1 aromatic heterocycles. The van der Waals surface area contributed by atoms with Gasteiger partial charge in [-0.25, -0.2) is 4.90 Å². The lowest BCUT2D eigenvalue weighted by molar-refractivity contribution is -0.129. The Kier molecular flexibility index (Phi) is 5.06. The molecular weight excluding hydrogens is 408 g/mol. The van der Waals surface area contributed by atoms with Gasteiger partial charge in [0, 0.05) is 35.3 Å². The van der Waals surface area contributed by atoms with Crippen molar-refractivity contribution in [2.45, 2.75) is 36.5 Å². The van der Waals surface area contributed by atoms with E-state index in [-0.39, 0.29) is 24.1 Å². The molecule has 1 aromatic carbocycles. The standard InChI is InChI=1S/C20H18N4O3S2/c1-11(25)23-7-6-14-15(9-21)20(29-17(14)10-23)24-18(26)8-16(19(24)27)28-13-4-2-12(22)3-5-13/h2-5,16H,6-8,10,22H2,1H3. The molecule has 1 fully saturated rings. The van der Waals surface area contributed by atoms with Crippen molar-refractivity contribution < 1.29 is 14.4 Å². The first-order chi connectivity index (χ1) is 13.9. The fourth-order valence-corrected chi connectivity index (χ4v) is 5.94. The monoisotopic (exact) mass is 426 g/mol. The van der Waals surface area contributed by atoms with Gasteiger partial charge in [0.25, 0.3) is 0 Å². The van der Waals surface area contributed by atoms with E-state index in [4.69, 9.17) is 5.73 Å². The number of nitriles is 1. The van der Waals surface area contributed by atoms with Crippen LogP contribution in [0.15, 0.2) is 29.2 Å². The van der Waals surface area contributed by atoms with Gasteiger partial charge >= 0.3 is 0 Å². The summed E-state index contributed by atoms with van der Waals surface area (Å²) in [6.45, 7) is 2.45. The number of nitrogen functional groups attached to an aromatic ring is 1. The van der Waals surface area contributed by atoms with Gasteiger partial charge in [-0.05, 0) is 36.2 Å². The van der Waals surface area contributed by atoms with Gasteiger partial charge < -0.3 is 10.6 Å². The first-order valence-corrected chi connectivity index (χ1v) is 10.8. The van der Waals surface area contributed by atoms with Crippen LogP contribution in [-0.4, -0.2) is 34.4 Å². The van der Waals surface area contributed by atoms with Crippen molar-refractivity contribution in [1.29, 1.82) is 5.26 Å². The highest BCUT2D eigenvalue weighted by Crippen LogP contribution is 2.42. The summed E-state index contributed by atoms with van der Waals surface area (Å²) in [4.78, 5) is 42.0. The van der Waals surface area contributed by atoms with Gasteiger partial charge in [-0.3, -0.25) is 14.4 Å². The van der Waals surface area contributed by atoms with E-state index in [0.29, 0.717) is 35.8 Å². The molecule has 29 heavy (non-hydrogen) atoms. The van der Waals surface area contributed by atoms with Gasteiger partial charge in [-0.2, -0.15) is 5.26 Å². The number of rotatable bonds is 3. The van der Waals surface area contributed by atoms with Crippen LogP contribution in [0.5, 0.6) is 0 Å². The molecule has 2 aliphatic heterocycles. The summed E-state index contributed by atoms with van der Waals surface area (Å²) in [5.74, 6) is -0.644. The van der Waals surface area contributed by atoms with Gasteiger partial charge in [0.15, 0.2) is 0 Å². The summed E-state index contributed by atoms with van der Waals surface area (Å²) in [5.41, 5.74) is 7.56. The lowest BCUT2D eigenvalue weighted by Gasteiger charge is -2.25. The molecule has 2 N–H and O–H groups in total. The molecule has 7 nitrogen and oxygen atoms in total. The molecule has 2 aromatic rings. The fourth-order valence-electron chi connectivity index (χ4n) is 3.55. The highest BCUT2D eigenvalue weighted by Gasteiger charge is 2.43. The smallest absolute Gasteiger partial charge is 0.248 e. The molecule has 2 aliphatic rings. The number of nitrogens with zero attached hydrogens (tertiary/aromatic N) is 3. The third-order valence-corrected chi connectivity index (χ3v) is 7.46. The molecule has 0 spiro atoms. The Morgan fingerprint density at radius 1 is 1.31 bits per heavy atom. The Morgan fingerprint density at radius 3 is 2.69 bits per heavy atom. The number of imide groups is 1. The van der Waals surface area contributed by atoms with Crippen molar-refractivity contribution in [1.82, 2.24) is 4.90 Å². The molecule has 4 rings (SSSR count). The van der Waals surface area contributed by atoms with E-state index in [2.05, 4.69) is 6.07 Å². The number of carbonyl (C=O) groups excluding carboxylic acids is 3. The van der Waals surface area contributed by atoms with Crippen molar-refractivity contribution >= 4 is 51.5 Å². The molecule has 3 amide bonds. The predicted octanol–water partition coefficient (Wildman–Crippen LogP) is 2.53. The van der Waals surface area contributed by atoms with Crippen molar-refractivity contribution in [3.05, 3.63) is 40.3 Å². The van der Waals surface area contributed by atoms with E-state index in [0.717, 1.165) is 20.2 Å². The Labute approximate surface area is 176 Å². The van der Waals surface area contributed by atoms with Crippen LogP contribution in [0.3, 0.4) is 0 Å². The highest BCUT2D eigenvalue weighted by molar-refractivity contribution is 8.00. The summed E-state index contributed by atoms with van der Waals surface area (Å²) >= 11 is 2.59. The number of carbonyl (C=O) groups is 3. The minimum Gasteiger partial charge on any atom is -0.399 e. The molecule has 0 radical (unpaired) electrons. The van der Waals surface area contributed by atoms with Gasteiger partial charge in [0.05, 0.1) is 17.4 Å². The zero-order chi connectivity index (χ0) is 20.7. The maximum Gasteiger partial charge on any atom is 0.248 e. The second kappa shape index (κ2) is 7.54. The van der Waals surface area contributed by atoms with Gasteiger partial charge in [-0.15, -0.1) is 23.1 Å². The van der Waals surface area contributed by atoms with Crippen molar-refractivity contribution in [3.8, 4) is 6.07 Å². The second-order valence-electron chi connectivity index (χ2n) is 6.93. The van der Waals surface area contributed by atoms with Crippen LogP contribution in [0.4, 0.5) is 10.7 Å². The zero-order valence-electron chi connectivity index (χ0n) is 15.7. The van der Waals surface area contributed by atoms with E-state index in [1.807, 2.05) is 12.1 Å². The number of fused-ring (bicyclic) bond motifs is 1. The fraction of sp³-hybridized carbons (Fsp3) is 0.300. The van der Waals surface area contributed by atoms with Crippen LogP contribution < -0.4 is 10.6 Å². The molecule has 0 bridgehead atoms. The van der Waals surface area contributed by atoms with E-state index in [1.165, 1.54) is 30.0 Å². The van der Waals surface area contributed by atoms with E-state index < -0.39 is 5.25 Å². The molecule has 0 saturated carbocycles. The van der Waals surface area contributed by atoms with Crippen LogP contribution in [0.1, 0.15) is 29.3 Å². The Balaban J connectivity index is 1.62. The normalized spacial score (nSPS) is 18.7. The van der Waals surface area contributed by atoms with Crippen LogP contribution in [-0.2, 0) is 27.3 Å². The third kappa shape index (κ3) is 3.50. The lowest BCUT2D eigenvalue weighted by Crippen LogP contribution is -2.33. The summed E-state index contributed by atoms with van der Waals surface area (Å²) in [6.07, 6.45) is 0.634. The highest BCUT2D eigenvalue weighted by atomic mass is 32.2.